The second kappa shape index (κ2) is 5.08. The number of pyridine rings is 1. The third-order valence-electron chi connectivity index (χ3n) is 6.89. The van der Waals surface area contributed by atoms with Gasteiger partial charge in [-0.15, -0.1) is 0 Å². The van der Waals surface area contributed by atoms with E-state index in [-0.39, 0.29) is 5.91 Å². The predicted octanol–water partition coefficient (Wildman–Crippen LogP) is 3.46. The van der Waals surface area contributed by atoms with Crippen molar-refractivity contribution < 1.29 is 4.79 Å². The first-order valence-electron chi connectivity index (χ1n) is 9.36. The van der Waals surface area contributed by atoms with Gasteiger partial charge in [-0.2, -0.15) is 0 Å². The fraction of sp³-hybridized carbons (Fsp3) is 0.600. The molecule has 4 fully saturated rings. The minimum atomic E-state index is 0.178. The molecule has 3 aliphatic carbocycles. The highest BCUT2D eigenvalue weighted by molar-refractivity contribution is 5.95. The molecule has 6 rings (SSSR count). The van der Waals surface area contributed by atoms with Crippen LogP contribution in [0.1, 0.15) is 47.4 Å². The number of hydrogen-bond acceptors (Lipinski definition) is 2. The number of carbonyl (C=O) groups is 1. The average Bonchev–Trinajstić information content (AvgIpc) is 3.17. The third kappa shape index (κ3) is 1.98. The summed E-state index contributed by atoms with van der Waals surface area (Å²) < 4.78 is 1.97. The molecule has 0 unspecified atom stereocenters. The van der Waals surface area contributed by atoms with Gasteiger partial charge < -0.3 is 4.90 Å². The number of amides is 1. The number of fused-ring (bicyclic) bond motifs is 3. The molecule has 1 saturated heterocycles. The van der Waals surface area contributed by atoms with E-state index in [1.807, 2.05) is 23.6 Å². The Labute approximate surface area is 142 Å². The minimum absolute atomic E-state index is 0.178. The van der Waals surface area contributed by atoms with Crippen LogP contribution in [0.5, 0.6) is 0 Å². The summed E-state index contributed by atoms with van der Waals surface area (Å²) in [6.07, 6.45) is 7.55. The molecule has 2 aromatic rings. The quantitative estimate of drug-likeness (QED) is 0.806. The molecule has 0 aromatic carbocycles. The molecule has 4 heteroatoms. The average molecular weight is 323 g/mol. The summed E-state index contributed by atoms with van der Waals surface area (Å²) in [5.74, 6) is 3.41. The van der Waals surface area contributed by atoms with Crippen LogP contribution in [-0.4, -0.2) is 33.3 Å². The van der Waals surface area contributed by atoms with Crippen molar-refractivity contribution in [3.63, 3.8) is 0 Å². The van der Waals surface area contributed by atoms with E-state index in [1.54, 1.807) is 0 Å². The van der Waals surface area contributed by atoms with Crippen molar-refractivity contribution in [3.8, 4) is 0 Å². The molecule has 126 valence electrons. The van der Waals surface area contributed by atoms with Gasteiger partial charge >= 0.3 is 0 Å². The molecule has 3 saturated carbocycles. The summed E-state index contributed by atoms with van der Waals surface area (Å²) in [6, 6.07) is 4.10. The molecular formula is C20H25N3O. The normalized spacial score (nSPS) is 31.7. The molecule has 2 bridgehead atoms. The van der Waals surface area contributed by atoms with Crippen LogP contribution < -0.4 is 0 Å². The fourth-order valence-electron chi connectivity index (χ4n) is 5.69. The number of nitrogens with zero attached hydrogens (tertiary/aromatic N) is 3. The number of aromatic nitrogens is 2. The molecule has 0 spiro atoms. The maximum atomic E-state index is 13.3. The van der Waals surface area contributed by atoms with Crippen LogP contribution in [0.2, 0.25) is 0 Å². The second-order valence-electron chi connectivity index (χ2n) is 8.19. The summed E-state index contributed by atoms with van der Waals surface area (Å²) in [5.41, 5.74) is 3.67. The van der Waals surface area contributed by atoms with Gasteiger partial charge in [0.25, 0.3) is 5.91 Å². The van der Waals surface area contributed by atoms with E-state index in [2.05, 4.69) is 22.9 Å². The molecule has 1 amide bonds. The van der Waals surface area contributed by atoms with Crippen LogP contribution in [-0.2, 0) is 0 Å². The first-order chi connectivity index (χ1) is 11.6. The van der Waals surface area contributed by atoms with Crippen molar-refractivity contribution in [2.75, 3.05) is 13.1 Å². The zero-order valence-corrected chi connectivity index (χ0v) is 14.5. The topological polar surface area (TPSA) is 37.6 Å². The molecule has 2 atom stereocenters. The molecule has 0 radical (unpaired) electrons. The maximum absolute atomic E-state index is 13.3. The number of aryl methyl sites for hydroxylation is 2. The molecule has 3 heterocycles. The Kier molecular flexibility index (Phi) is 3.07. The van der Waals surface area contributed by atoms with Gasteiger partial charge in [0.1, 0.15) is 11.3 Å². The standard InChI is InChI=1S/C20H25N3O/c1-12-7-8-23-18(9-12)21-13(2)19(23)20(24)22-10-16-14-3-4-15(6-5-14)17(16)11-22/h7-9,14-17H,3-6,10-11H2,1-2H3/t14?,15?,16-,17+. The summed E-state index contributed by atoms with van der Waals surface area (Å²) >= 11 is 0. The van der Waals surface area contributed by atoms with Crippen LogP contribution >= 0.6 is 0 Å². The Bertz CT molecular complexity index is 796. The van der Waals surface area contributed by atoms with E-state index < -0.39 is 0 Å². The van der Waals surface area contributed by atoms with Crippen LogP contribution in [0.3, 0.4) is 0 Å². The highest BCUT2D eigenvalue weighted by Crippen LogP contribution is 2.52. The minimum Gasteiger partial charge on any atom is -0.337 e. The molecule has 2 aromatic heterocycles. The Morgan fingerprint density at radius 2 is 1.71 bits per heavy atom. The highest BCUT2D eigenvalue weighted by Gasteiger charge is 2.49. The molecule has 4 nitrogen and oxygen atoms in total. The smallest absolute Gasteiger partial charge is 0.272 e. The number of rotatable bonds is 1. The van der Waals surface area contributed by atoms with Crippen molar-refractivity contribution in [2.24, 2.45) is 23.7 Å². The summed E-state index contributed by atoms with van der Waals surface area (Å²) in [4.78, 5) is 20.0. The molecular weight excluding hydrogens is 298 g/mol. The fourth-order valence-corrected chi connectivity index (χ4v) is 5.69. The van der Waals surface area contributed by atoms with Gasteiger partial charge in [0.15, 0.2) is 0 Å². The SMILES string of the molecule is Cc1ccn2c(C(=O)N3C[C@@H]4C5CCC(CC5)[C@@H]4C3)c(C)nc2c1. The number of imidazole rings is 1. The second-order valence-corrected chi connectivity index (χ2v) is 8.19. The van der Waals surface area contributed by atoms with Crippen molar-refractivity contribution in [1.82, 2.24) is 14.3 Å². The monoisotopic (exact) mass is 323 g/mol. The first-order valence-corrected chi connectivity index (χ1v) is 9.36. The van der Waals surface area contributed by atoms with Gasteiger partial charge in [-0.1, -0.05) is 0 Å². The van der Waals surface area contributed by atoms with Gasteiger partial charge in [-0.25, -0.2) is 4.98 Å². The Hall–Kier alpha value is -1.84. The zero-order chi connectivity index (χ0) is 16.4. The zero-order valence-electron chi connectivity index (χ0n) is 14.5. The highest BCUT2D eigenvalue weighted by atomic mass is 16.2. The summed E-state index contributed by atoms with van der Waals surface area (Å²) in [5, 5.41) is 0. The van der Waals surface area contributed by atoms with Gasteiger partial charge in [-0.05, 0) is 80.9 Å². The van der Waals surface area contributed by atoms with Crippen LogP contribution in [0.25, 0.3) is 5.65 Å². The lowest BCUT2D eigenvalue weighted by atomic mass is 9.60. The lowest BCUT2D eigenvalue weighted by Crippen LogP contribution is -2.38. The maximum Gasteiger partial charge on any atom is 0.272 e. The Balaban J connectivity index is 1.48. The van der Waals surface area contributed by atoms with E-state index in [1.165, 1.54) is 31.2 Å². The number of carbonyl (C=O) groups excluding carboxylic acids is 1. The van der Waals surface area contributed by atoms with Gasteiger partial charge in [0, 0.05) is 19.3 Å². The van der Waals surface area contributed by atoms with Crippen LogP contribution in [0.15, 0.2) is 18.3 Å². The van der Waals surface area contributed by atoms with Crippen molar-refractivity contribution in [3.05, 3.63) is 35.3 Å². The predicted molar refractivity (Wildman–Crippen MR) is 93.0 cm³/mol. The van der Waals surface area contributed by atoms with Gasteiger partial charge in [-0.3, -0.25) is 9.20 Å². The van der Waals surface area contributed by atoms with E-state index >= 15 is 0 Å². The Morgan fingerprint density at radius 1 is 1.08 bits per heavy atom. The van der Waals surface area contributed by atoms with E-state index in [9.17, 15) is 4.79 Å². The van der Waals surface area contributed by atoms with Crippen molar-refractivity contribution >= 4 is 11.6 Å². The largest absolute Gasteiger partial charge is 0.337 e. The van der Waals surface area contributed by atoms with E-state index in [0.717, 1.165) is 53.8 Å². The van der Waals surface area contributed by atoms with E-state index in [0.29, 0.717) is 0 Å². The van der Waals surface area contributed by atoms with Crippen LogP contribution in [0.4, 0.5) is 0 Å². The molecule has 1 aliphatic heterocycles. The van der Waals surface area contributed by atoms with Crippen molar-refractivity contribution in [2.45, 2.75) is 39.5 Å². The Morgan fingerprint density at radius 3 is 2.33 bits per heavy atom. The lowest BCUT2D eigenvalue weighted by Gasteiger charge is -2.44. The molecule has 0 N–H and O–H groups in total. The van der Waals surface area contributed by atoms with Gasteiger partial charge in [0.05, 0.1) is 5.69 Å². The third-order valence-corrected chi connectivity index (χ3v) is 6.89. The van der Waals surface area contributed by atoms with Gasteiger partial charge in [0.2, 0.25) is 0 Å². The molecule has 4 aliphatic rings. The van der Waals surface area contributed by atoms with Crippen molar-refractivity contribution in [1.29, 1.82) is 0 Å². The number of likely N-dealkylation sites (tertiary alicyclic amines) is 1. The molecule has 24 heavy (non-hydrogen) atoms. The van der Waals surface area contributed by atoms with E-state index in [4.69, 9.17) is 0 Å². The summed E-state index contributed by atoms with van der Waals surface area (Å²) in [6.45, 7) is 5.95. The first kappa shape index (κ1) is 14.5. The number of hydrogen-bond donors (Lipinski definition) is 0. The van der Waals surface area contributed by atoms with Crippen LogP contribution in [0, 0.1) is 37.5 Å². The lowest BCUT2D eigenvalue weighted by molar-refractivity contribution is 0.0577. The summed E-state index contributed by atoms with van der Waals surface area (Å²) in [7, 11) is 0.